The molecule has 8 nitrogen and oxygen atoms in total. The van der Waals surface area contributed by atoms with Gasteiger partial charge < -0.3 is 19.4 Å². The molecule has 3 unspecified atom stereocenters. The van der Waals surface area contributed by atoms with Crippen molar-refractivity contribution in [2.75, 3.05) is 12.3 Å². The molecule has 4 rings (SSSR count). The van der Waals surface area contributed by atoms with Crippen LogP contribution in [0.2, 0.25) is 0 Å². The Balaban J connectivity index is 1.55. The van der Waals surface area contributed by atoms with Crippen LogP contribution in [-0.2, 0) is 32.3 Å². The van der Waals surface area contributed by atoms with Crippen LogP contribution in [0, 0.1) is 5.41 Å². The third kappa shape index (κ3) is 3.90. The third-order valence-electron chi connectivity index (χ3n) is 5.50. The molecule has 0 spiro atoms. The lowest BCUT2D eigenvalue weighted by atomic mass is 9.87. The molecule has 2 aliphatic heterocycles. The van der Waals surface area contributed by atoms with E-state index in [0.29, 0.717) is 4.90 Å². The number of amides is 2. The molecule has 162 valence electrons. The Morgan fingerprint density at radius 2 is 1.87 bits per heavy atom. The highest BCUT2D eigenvalue weighted by molar-refractivity contribution is 8.00. The second-order valence-electron chi connectivity index (χ2n) is 7.64. The second-order valence-corrected chi connectivity index (χ2v) is 10.1. The molecule has 3 heterocycles. The topological polar surface area (TPSA) is 108 Å². The maximum atomic E-state index is 13.0. The van der Waals surface area contributed by atoms with E-state index in [9.17, 15) is 24.0 Å². The Kier molecular flexibility index (Phi) is 5.96. The number of fused-ring (bicyclic) bond motifs is 1. The SMILES string of the molecule is CC(=O)N(C1C(=O)N2CC(C[n+]3ccccc3)(C(=O)[O-])CS[C@H]12)[S+]([O-])c1ccccc1. The molecule has 0 N–H and O–H groups in total. The number of thioether (sulfide) groups is 1. The molecule has 0 radical (unpaired) electrons. The molecule has 0 aliphatic carbocycles. The van der Waals surface area contributed by atoms with Gasteiger partial charge in [0.15, 0.2) is 29.9 Å². The fraction of sp³-hybridized carbons (Fsp3) is 0.333. The van der Waals surface area contributed by atoms with Gasteiger partial charge in [-0.05, 0) is 12.1 Å². The van der Waals surface area contributed by atoms with Crippen LogP contribution in [0.3, 0.4) is 0 Å². The van der Waals surface area contributed by atoms with Gasteiger partial charge in [-0.15, -0.1) is 16.1 Å². The molecular weight excluding hydrogens is 438 g/mol. The molecule has 31 heavy (non-hydrogen) atoms. The van der Waals surface area contributed by atoms with Gasteiger partial charge in [-0.1, -0.05) is 24.3 Å². The van der Waals surface area contributed by atoms with Crippen LogP contribution in [0.25, 0.3) is 0 Å². The van der Waals surface area contributed by atoms with Gasteiger partial charge in [0.2, 0.25) is 0 Å². The second kappa shape index (κ2) is 8.52. The number of carbonyl (C=O) groups is 3. The number of β-lactam (4-membered cyclic amide) rings is 1. The number of hydrogen-bond acceptors (Lipinski definition) is 6. The lowest BCUT2D eigenvalue weighted by Crippen LogP contribution is -2.76. The van der Waals surface area contributed by atoms with Gasteiger partial charge in [0.1, 0.15) is 16.7 Å². The van der Waals surface area contributed by atoms with Crippen molar-refractivity contribution in [3.8, 4) is 0 Å². The number of carboxylic acid groups (broad SMARTS) is 1. The molecule has 1 aromatic carbocycles. The lowest BCUT2D eigenvalue weighted by molar-refractivity contribution is -0.707. The molecule has 10 heteroatoms. The summed E-state index contributed by atoms with van der Waals surface area (Å²) < 4.78 is 15.9. The predicted octanol–water partition coefficient (Wildman–Crippen LogP) is -0.435. The molecule has 2 amide bonds. The van der Waals surface area contributed by atoms with Crippen molar-refractivity contribution in [1.82, 2.24) is 9.21 Å². The molecule has 1 aromatic heterocycles. The number of pyridine rings is 1. The zero-order valence-corrected chi connectivity index (χ0v) is 18.4. The minimum atomic E-state index is -1.84. The predicted molar refractivity (Wildman–Crippen MR) is 111 cm³/mol. The molecule has 4 atom stereocenters. The summed E-state index contributed by atoms with van der Waals surface area (Å²) in [4.78, 5) is 39.3. The van der Waals surface area contributed by atoms with Crippen LogP contribution < -0.4 is 9.67 Å². The van der Waals surface area contributed by atoms with E-state index in [1.165, 1.54) is 23.6 Å². The smallest absolute Gasteiger partial charge is 0.262 e. The molecule has 0 saturated carbocycles. The van der Waals surface area contributed by atoms with Crippen LogP contribution in [0.5, 0.6) is 0 Å². The van der Waals surface area contributed by atoms with E-state index in [1.54, 1.807) is 59.4 Å². The Bertz CT molecular complexity index is 993. The van der Waals surface area contributed by atoms with Crippen molar-refractivity contribution in [2.24, 2.45) is 5.41 Å². The number of rotatable bonds is 6. The van der Waals surface area contributed by atoms with Crippen molar-refractivity contribution >= 4 is 40.9 Å². The van der Waals surface area contributed by atoms with Crippen molar-refractivity contribution in [2.45, 2.75) is 29.8 Å². The average molecular weight is 460 g/mol. The highest BCUT2D eigenvalue weighted by Gasteiger charge is 2.61. The summed E-state index contributed by atoms with van der Waals surface area (Å²) in [6.07, 6.45) is 3.53. The fourth-order valence-electron chi connectivity index (χ4n) is 3.93. The Morgan fingerprint density at radius 3 is 2.48 bits per heavy atom. The van der Waals surface area contributed by atoms with E-state index in [2.05, 4.69) is 0 Å². The molecule has 2 saturated heterocycles. The van der Waals surface area contributed by atoms with Gasteiger partial charge in [0.25, 0.3) is 11.8 Å². The summed E-state index contributed by atoms with van der Waals surface area (Å²) >= 11 is -0.555. The summed E-state index contributed by atoms with van der Waals surface area (Å²) in [5, 5.41) is 11.6. The summed E-state index contributed by atoms with van der Waals surface area (Å²) in [6, 6.07) is 13.0. The standard InChI is InChI=1S/C21H21N3O5S2/c1-15(25)24(31(29)16-8-4-2-5-9-16)17-18(26)23-13-21(20(27)28,14-30-19(17)23)12-22-10-6-3-7-11-22/h2-11,17,19H,12-14H2,1H3/t17?,19-,21?,31?/m1/s1. The van der Waals surface area contributed by atoms with Crippen molar-refractivity contribution in [3.63, 3.8) is 0 Å². The first-order valence-corrected chi connectivity index (χ1v) is 11.8. The highest BCUT2D eigenvalue weighted by atomic mass is 32.2. The van der Waals surface area contributed by atoms with E-state index in [1.807, 2.05) is 6.07 Å². The van der Waals surface area contributed by atoms with E-state index in [-0.39, 0.29) is 18.8 Å². The number of carbonyl (C=O) groups excluding carboxylic acids is 3. The lowest BCUT2D eigenvalue weighted by Gasteiger charge is -2.55. The number of hydrogen-bond donors (Lipinski definition) is 0. The molecule has 2 fully saturated rings. The minimum absolute atomic E-state index is 0.0199. The number of carboxylic acids is 1. The first kappa shape index (κ1) is 21.7. The Morgan fingerprint density at radius 1 is 1.23 bits per heavy atom. The van der Waals surface area contributed by atoms with E-state index in [0.717, 1.165) is 4.31 Å². The highest BCUT2D eigenvalue weighted by Crippen LogP contribution is 2.44. The average Bonchev–Trinajstić information content (AvgIpc) is 2.78. The first-order valence-electron chi connectivity index (χ1n) is 9.68. The van der Waals surface area contributed by atoms with Gasteiger partial charge >= 0.3 is 0 Å². The van der Waals surface area contributed by atoms with Crippen LogP contribution in [0.4, 0.5) is 0 Å². The minimum Gasteiger partial charge on any atom is -0.588 e. The fourth-order valence-corrected chi connectivity index (χ4v) is 6.83. The number of nitrogens with zero attached hydrogens (tertiary/aromatic N) is 3. The normalized spacial score (nSPS) is 25.9. The van der Waals surface area contributed by atoms with Crippen molar-refractivity contribution < 1.29 is 28.6 Å². The third-order valence-corrected chi connectivity index (χ3v) is 8.59. The Labute approximate surface area is 187 Å². The molecule has 2 aliphatic rings. The number of aliphatic carboxylic acids is 1. The number of benzene rings is 1. The summed E-state index contributed by atoms with van der Waals surface area (Å²) in [5.74, 6) is -1.88. The van der Waals surface area contributed by atoms with Gasteiger partial charge in [0.05, 0.1) is 11.4 Å². The summed E-state index contributed by atoms with van der Waals surface area (Å²) in [6.45, 7) is 1.42. The summed E-state index contributed by atoms with van der Waals surface area (Å²) in [5.41, 5.74) is -1.26. The van der Waals surface area contributed by atoms with Crippen molar-refractivity contribution in [3.05, 3.63) is 60.9 Å². The monoisotopic (exact) mass is 459 g/mol. The summed E-state index contributed by atoms with van der Waals surface area (Å²) in [7, 11) is 0. The van der Waals surface area contributed by atoms with E-state index in [4.69, 9.17) is 0 Å². The van der Waals surface area contributed by atoms with Crippen LogP contribution in [-0.4, -0.2) is 55.3 Å². The maximum Gasteiger partial charge on any atom is 0.262 e. The zero-order valence-electron chi connectivity index (χ0n) is 16.7. The molecular formula is C21H21N3O5S2. The van der Waals surface area contributed by atoms with Crippen LogP contribution >= 0.6 is 11.8 Å². The largest absolute Gasteiger partial charge is 0.588 e. The van der Waals surface area contributed by atoms with E-state index < -0.39 is 46.0 Å². The maximum absolute atomic E-state index is 13.0. The van der Waals surface area contributed by atoms with Gasteiger partial charge in [-0.2, -0.15) is 0 Å². The van der Waals surface area contributed by atoms with E-state index >= 15 is 0 Å². The first-order chi connectivity index (χ1) is 14.8. The molecule has 2 aromatic rings. The van der Waals surface area contributed by atoms with Crippen LogP contribution in [0.15, 0.2) is 65.8 Å². The van der Waals surface area contributed by atoms with Crippen molar-refractivity contribution in [1.29, 1.82) is 0 Å². The van der Waals surface area contributed by atoms with Gasteiger partial charge in [0, 0.05) is 31.4 Å². The molecule has 0 bridgehead atoms. The van der Waals surface area contributed by atoms with Gasteiger partial charge in [-0.25, -0.2) is 4.57 Å². The quantitative estimate of drug-likeness (QED) is 0.329. The van der Waals surface area contributed by atoms with Crippen LogP contribution in [0.1, 0.15) is 6.92 Å². The zero-order chi connectivity index (χ0) is 22.2. The number of aromatic nitrogens is 1. The van der Waals surface area contributed by atoms with Gasteiger partial charge in [-0.3, -0.25) is 9.59 Å². The Hall–Kier alpha value is -2.56.